The van der Waals surface area contributed by atoms with E-state index in [-0.39, 0.29) is 5.91 Å². The van der Waals surface area contributed by atoms with E-state index in [0.29, 0.717) is 23.8 Å². The number of carbonyl (C=O) groups is 1. The van der Waals surface area contributed by atoms with Crippen molar-refractivity contribution in [3.8, 4) is 5.75 Å². The van der Waals surface area contributed by atoms with E-state index in [0.717, 1.165) is 30.2 Å². The van der Waals surface area contributed by atoms with Crippen LogP contribution in [0.1, 0.15) is 40.8 Å². The number of carbonyl (C=O) groups excluding carboxylic acids is 1. The predicted molar refractivity (Wildman–Crippen MR) is 91.9 cm³/mol. The van der Waals surface area contributed by atoms with Crippen LogP contribution in [0.3, 0.4) is 0 Å². The SMILES string of the molecule is Cc1nc(COc2cccc(C(=O)N3CCCC(C)C3)c2)cs1. The number of benzene rings is 1. The van der Waals surface area contributed by atoms with Crippen molar-refractivity contribution in [3.05, 3.63) is 45.9 Å². The fourth-order valence-corrected chi connectivity index (χ4v) is 3.50. The van der Waals surface area contributed by atoms with Gasteiger partial charge in [0.1, 0.15) is 12.4 Å². The number of amides is 1. The van der Waals surface area contributed by atoms with Gasteiger partial charge in [-0.1, -0.05) is 13.0 Å². The van der Waals surface area contributed by atoms with Crippen molar-refractivity contribution < 1.29 is 9.53 Å². The summed E-state index contributed by atoms with van der Waals surface area (Å²) in [5.74, 6) is 1.40. The number of likely N-dealkylation sites (tertiary alicyclic amines) is 1. The van der Waals surface area contributed by atoms with Crippen LogP contribution >= 0.6 is 11.3 Å². The van der Waals surface area contributed by atoms with E-state index in [9.17, 15) is 4.79 Å². The standard InChI is InChI=1S/C18H22N2O2S/c1-13-5-4-8-20(10-13)18(21)15-6-3-7-17(9-15)22-11-16-12-23-14(2)19-16/h3,6-7,9,12-13H,4-5,8,10-11H2,1-2H3. The maximum Gasteiger partial charge on any atom is 0.253 e. The van der Waals surface area contributed by atoms with Crippen molar-refractivity contribution in [2.45, 2.75) is 33.3 Å². The molecule has 1 aliphatic heterocycles. The molecule has 23 heavy (non-hydrogen) atoms. The molecule has 0 radical (unpaired) electrons. The molecule has 1 fully saturated rings. The van der Waals surface area contributed by atoms with Gasteiger partial charge in [-0.2, -0.15) is 0 Å². The van der Waals surface area contributed by atoms with E-state index in [1.807, 2.05) is 41.5 Å². The lowest BCUT2D eigenvalue weighted by Gasteiger charge is -2.31. The first-order chi connectivity index (χ1) is 11.1. The first kappa shape index (κ1) is 16.0. The molecule has 3 rings (SSSR count). The molecule has 1 unspecified atom stereocenters. The van der Waals surface area contributed by atoms with Crippen molar-refractivity contribution >= 4 is 17.2 Å². The van der Waals surface area contributed by atoms with Crippen LogP contribution in [0, 0.1) is 12.8 Å². The minimum absolute atomic E-state index is 0.103. The molecule has 2 heterocycles. The van der Waals surface area contributed by atoms with Crippen LogP contribution in [0.15, 0.2) is 29.6 Å². The summed E-state index contributed by atoms with van der Waals surface area (Å²) >= 11 is 1.61. The smallest absolute Gasteiger partial charge is 0.253 e. The molecule has 1 amide bonds. The van der Waals surface area contributed by atoms with E-state index >= 15 is 0 Å². The van der Waals surface area contributed by atoms with Gasteiger partial charge in [0.15, 0.2) is 0 Å². The van der Waals surface area contributed by atoms with Gasteiger partial charge in [-0.05, 0) is 43.9 Å². The van der Waals surface area contributed by atoms with E-state index in [4.69, 9.17) is 4.74 Å². The van der Waals surface area contributed by atoms with Gasteiger partial charge in [0.25, 0.3) is 5.91 Å². The molecule has 4 nitrogen and oxygen atoms in total. The Labute approximate surface area is 141 Å². The lowest BCUT2D eigenvalue weighted by molar-refractivity contribution is 0.0682. The Balaban J connectivity index is 1.65. The van der Waals surface area contributed by atoms with Gasteiger partial charge in [0.05, 0.1) is 10.7 Å². The number of rotatable bonds is 4. The number of nitrogens with zero attached hydrogens (tertiary/aromatic N) is 2. The molecule has 0 spiro atoms. The first-order valence-electron chi connectivity index (χ1n) is 8.05. The summed E-state index contributed by atoms with van der Waals surface area (Å²) in [5, 5.41) is 3.03. The number of aromatic nitrogens is 1. The summed E-state index contributed by atoms with van der Waals surface area (Å²) in [6, 6.07) is 7.46. The lowest BCUT2D eigenvalue weighted by atomic mass is 9.99. The van der Waals surface area contributed by atoms with Crippen LogP contribution in [-0.4, -0.2) is 28.9 Å². The molecule has 0 saturated carbocycles. The average Bonchev–Trinajstić information content (AvgIpc) is 2.98. The van der Waals surface area contributed by atoms with Gasteiger partial charge in [0.2, 0.25) is 0 Å². The highest BCUT2D eigenvalue weighted by Crippen LogP contribution is 2.21. The molecular formula is C18H22N2O2S. The van der Waals surface area contributed by atoms with E-state index < -0.39 is 0 Å². The third-order valence-electron chi connectivity index (χ3n) is 4.08. The molecule has 1 aliphatic rings. The highest BCUT2D eigenvalue weighted by Gasteiger charge is 2.22. The van der Waals surface area contributed by atoms with Gasteiger partial charge < -0.3 is 9.64 Å². The monoisotopic (exact) mass is 330 g/mol. The van der Waals surface area contributed by atoms with Crippen molar-refractivity contribution in [3.63, 3.8) is 0 Å². The molecule has 1 atom stereocenters. The third-order valence-corrected chi connectivity index (χ3v) is 4.90. The van der Waals surface area contributed by atoms with Crippen LogP contribution in [-0.2, 0) is 6.61 Å². The average molecular weight is 330 g/mol. The molecule has 5 heteroatoms. The summed E-state index contributed by atoms with van der Waals surface area (Å²) in [6.07, 6.45) is 2.30. The van der Waals surface area contributed by atoms with Crippen molar-refractivity contribution in [2.75, 3.05) is 13.1 Å². The van der Waals surface area contributed by atoms with Gasteiger partial charge in [-0.3, -0.25) is 4.79 Å². The quantitative estimate of drug-likeness (QED) is 0.854. The molecule has 0 bridgehead atoms. The van der Waals surface area contributed by atoms with Gasteiger partial charge in [-0.25, -0.2) is 4.98 Å². The summed E-state index contributed by atoms with van der Waals surface area (Å²) in [7, 11) is 0. The third kappa shape index (κ3) is 4.10. The van der Waals surface area contributed by atoms with E-state index in [2.05, 4.69) is 11.9 Å². The molecular weight excluding hydrogens is 308 g/mol. The molecule has 1 aromatic heterocycles. The van der Waals surface area contributed by atoms with Gasteiger partial charge in [-0.15, -0.1) is 11.3 Å². The maximum absolute atomic E-state index is 12.6. The molecule has 1 aromatic carbocycles. The van der Waals surface area contributed by atoms with Crippen molar-refractivity contribution in [1.29, 1.82) is 0 Å². The zero-order valence-electron chi connectivity index (χ0n) is 13.6. The van der Waals surface area contributed by atoms with E-state index in [1.54, 1.807) is 11.3 Å². The normalized spacial score (nSPS) is 18.0. The topological polar surface area (TPSA) is 42.4 Å². The van der Waals surface area contributed by atoms with Crippen LogP contribution in [0.25, 0.3) is 0 Å². The number of ether oxygens (including phenoxy) is 1. The van der Waals surface area contributed by atoms with Crippen LogP contribution < -0.4 is 4.74 Å². The molecule has 2 aromatic rings. The highest BCUT2D eigenvalue weighted by atomic mass is 32.1. The second-order valence-corrected chi connectivity index (χ2v) is 7.24. The number of aryl methyl sites for hydroxylation is 1. The van der Waals surface area contributed by atoms with Crippen LogP contribution in [0.2, 0.25) is 0 Å². The summed E-state index contributed by atoms with van der Waals surface area (Å²) in [5.41, 5.74) is 1.63. The first-order valence-corrected chi connectivity index (χ1v) is 8.93. The van der Waals surface area contributed by atoms with Crippen molar-refractivity contribution in [2.24, 2.45) is 5.92 Å². The van der Waals surface area contributed by atoms with Gasteiger partial charge in [0, 0.05) is 24.0 Å². The van der Waals surface area contributed by atoms with Crippen molar-refractivity contribution in [1.82, 2.24) is 9.88 Å². The lowest BCUT2D eigenvalue weighted by Crippen LogP contribution is -2.39. The number of thiazole rings is 1. The summed E-state index contributed by atoms with van der Waals surface area (Å²) in [4.78, 5) is 19.0. The Morgan fingerprint density at radius 2 is 2.35 bits per heavy atom. The van der Waals surface area contributed by atoms with Gasteiger partial charge >= 0.3 is 0 Å². The zero-order valence-corrected chi connectivity index (χ0v) is 14.4. The summed E-state index contributed by atoms with van der Waals surface area (Å²) in [6.45, 7) is 6.32. The molecule has 122 valence electrons. The minimum atomic E-state index is 0.103. The fraction of sp³-hybridized carbons (Fsp3) is 0.444. The molecule has 0 N–H and O–H groups in total. The maximum atomic E-state index is 12.6. The predicted octanol–water partition coefficient (Wildman–Crippen LogP) is 3.90. The number of hydrogen-bond acceptors (Lipinski definition) is 4. The summed E-state index contributed by atoms with van der Waals surface area (Å²) < 4.78 is 5.78. The number of hydrogen-bond donors (Lipinski definition) is 0. The minimum Gasteiger partial charge on any atom is -0.487 e. The largest absolute Gasteiger partial charge is 0.487 e. The zero-order chi connectivity index (χ0) is 16.2. The number of piperidine rings is 1. The Kier molecular flexibility index (Phi) is 4.96. The second-order valence-electron chi connectivity index (χ2n) is 6.17. The molecule has 0 aliphatic carbocycles. The van der Waals surface area contributed by atoms with E-state index in [1.165, 1.54) is 6.42 Å². The van der Waals surface area contributed by atoms with Crippen LogP contribution in [0.4, 0.5) is 0 Å². The molecule has 1 saturated heterocycles. The second kappa shape index (κ2) is 7.13. The Hall–Kier alpha value is -1.88. The Morgan fingerprint density at radius 3 is 3.09 bits per heavy atom. The fourth-order valence-electron chi connectivity index (χ4n) is 2.91. The van der Waals surface area contributed by atoms with Crippen LogP contribution in [0.5, 0.6) is 5.75 Å². The Morgan fingerprint density at radius 1 is 1.48 bits per heavy atom. The highest BCUT2D eigenvalue weighted by molar-refractivity contribution is 7.09. The Bertz CT molecular complexity index is 683.